The molecule has 1 atom stereocenters. The predicted molar refractivity (Wildman–Crippen MR) is 39.8 cm³/mol. The van der Waals surface area contributed by atoms with E-state index in [1.807, 2.05) is 0 Å². The van der Waals surface area contributed by atoms with Gasteiger partial charge in [-0.3, -0.25) is 0 Å². The molecule has 1 unspecified atom stereocenters. The molecular weight excluding hydrogens is 145 g/mol. The minimum Gasteiger partial charge on any atom is -0.247 e. The Morgan fingerprint density at radius 3 is 2.82 bits per heavy atom. The van der Waals surface area contributed by atoms with Crippen LogP contribution >= 0.6 is 0 Å². The maximum absolute atomic E-state index is 13.0. The van der Waals surface area contributed by atoms with Crippen LogP contribution in [-0.4, -0.2) is 18.8 Å². The number of isocyanates is 1. The molecule has 1 saturated carbocycles. The van der Waals surface area contributed by atoms with Crippen LogP contribution in [0.2, 0.25) is 0 Å². The lowest BCUT2D eigenvalue weighted by Gasteiger charge is -2.28. The summed E-state index contributed by atoms with van der Waals surface area (Å²) in [6, 6.07) is 0. The Balaban J connectivity index is 2.09. The molecule has 1 aliphatic rings. The lowest BCUT2D eigenvalue weighted by atomic mass is 9.81. The van der Waals surface area contributed by atoms with Gasteiger partial charge in [-0.25, -0.2) is 14.2 Å². The third kappa shape index (κ3) is 2.43. The van der Waals surface area contributed by atoms with Crippen LogP contribution < -0.4 is 0 Å². The van der Waals surface area contributed by atoms with Gasteiger partial charge in [-0.1, -0.05) is 6.42 Å². The fourth-order valence-electron chi connectivity index (χ4n) is 1.27. The number of carbonyl (C=O) groups excluding carboxylic acids is 1. The maximum atomic E-state index is 13.0. The number of hydrogen-bond donors (Lipinski definition) is 0. The van der Waals surface area contributed by atoms with Crippen LogP contribution in [-0.2, 0) is 4.79 Å². The summed E-state index contributed by atoms with van der Waals surface area (Å²) >= 11 is 0. The van der Waals surface area contributed by atoms with Crippen LogP contribution in [0.3, 0.4) is 0 Å². The first-order chi connectivity index (χ1) is 5.34. The molecule has 0 aliphatic heterocycles. The van der Waals surface area contributed by atoms with E-state index in [9.17, 15) is 9.18 Å². The van der Waals surface area contributed by atoms with E-state index in [4.69, 9.17) is 0 Å². The molecule has 0 spiro atoms. The van der Waals surface area contributed by atoms with Crippen LogP contribution in [0.5, 0.6) is 0 Å². The summed E-state index contributed by atoms with van der Waals surface area (Å²) < 4.78 is 13.0. The second-order valence-corrected chi connectivity index (χ2v) is 2.97. The zero-order valence-electron chi connectivity index (χ0n) is 6.42. The number of nitrogens with zero attached hydrogens (tertiary/aromatic N) is 1. The fourth-order valence-corrected chi connectivity index (χ4v) is 1.27. The maximum Gasteiger partial charge on any atom is 0.234 e. The summed E-state index contributed by atoms with van der Waals surface area (Å²) in [5.41, 5.74) is 0. The average Bonchev–Trinajstić information content (AvgIpc) is 1.84. The summed E-state index contributed by atoms with van der Waals surface area (Å²) in [7, 11) is 0. The van der Waals surface area contributed by atoms with Gasteiger partial charge in [-0.05, 0) is 25.2 Å². The number of alkyl halides is 1. The molecule has 0 radical (unpaired) electrons. The van der Waals surface area contributed by atoms with Crippen molar-refractivity contribution in [2.75, 3.05) is 6.54 Å². The van der Waals surface area contributed by atoms with Crippen LogP contribution in [0.4, 0.5) is 4.39 Å². The minimum atomic E-state index is -0.749. The normalized spacial score (nSPS) is 20.1. The Bertz CT molecular complexity index is 161. The van der Waals surface area contributed by atoms with Gasteiger partial charge in [0.05, 0.1) is 6.54 Å². The van der Waals surface area contributed by atoms with E-state index in [0.717, 1.165) is 19.3 Å². The van der Waals surface area contributed by atoms with E-state index in [-0.39, 0.29) is 5.92 Å². The molecule has 0 saturated heterocycles. The lowest BCUT2D eigenvalue weighted by molar-refractivity contribution is 0.142. The van der Waals surface area contributed by atoms with Crippen molar-refractivity contribution in [1.29, 1.82) is 0 Å². The molecule has 62 valence electrons. The summed E-state index contributed by atoms with van der Waals surface area (Å²) in [6.07, 6.45) is 4.21. The van der Waals surface area contributed by atoms with Gasteiger partial charge in [-0.2, -0.15) is 0 Å². The van der Waals surface area contributed by atoms with Gasteiger partial charge in [0.1, 0.15) is 6.17 Å². The largest absolute Gasteiger partial charge is 0.247 e. The summed E-state index contributed by atoms with van der Waals surface area (Å²) in [4.78, 5) is 12.9. The van der Waals surface area contributed by atoms with Crippen molar-refractivity contribution in [1.82, 2.24) is 0 Å². The molecule has 1 fully saturated rings. The molecule has 2 nitrogen and oxygen atoms in total. The second-order valence-electron chi connectivity index (χ2n) is 2.97. The first-order valence-electron chi connectivity index (χ1n) is 4.02. The molecule has 11 heavy (non-hydrogen) atoms. The predicted octanol–water partition coefficient (Wildman–Crippen LogP) is 1.85. The van der Waals surface area contributed by atoms with Gasteiger partial charge in [-0.15, -0.1) is 0 Å². The van der Waals surface area contributed by atoms with Crippen molar-refractivity contribution in [2.24, 2.45) is 10.9 Å². The highest BCUT2D eigenvalue weighted by molar-refractivity contribution is 5.32. The van der Waals surface area contributed by atoms with Gasteiger partial charge >= 0.3 is 0 Å². The number of halogens is 1. The van der Waals surface area contributed by atoms with Crippen molar-refractivity contribution in [3.8, 4) is 0 Å². The first kappa shape index (κ1) is 8.41. The van der Waals surface area contributed by atoms with E-state index >= 15 is 0 Å². The average molecular weight is 157 g/mol. The smallest absolute Gasteiger partial charge is 0.234 e. The monoisotopic (exact) mass is 157 g/mol. The van der Waals surface area contributed by atoms with E-state index < -0.39 is 6.17 Å². The molecule has 1 aliphatic carbocycles. The Kier molecular flexibility index (Phi) is 3.24. The Morgan fingerprint density at radius 1 is 1.64 bits per heavy atom. The van der Waals surface area contributed by atoms with Gasteiger partial charge < -0.3 is 0 Å². The molecule has 0 aromatic rings. The molecule has 1 rings (SSSR count). The number of rotatable bonds is 4. The highest BCUT2D eigenvalue weighted by Gasteiger charge is 2.26. The highest BCUT2D eigenvalue weighted by atomic mass is 19.1. The minimum absolute atomic E-state index is 0.247. The van der Waals surface area contributed by atoms with Gasteiger partial charge in [0.15, 0.2) is 0 Å². The van der Waals surface area contributed by atoms with Crippen molar-refractivity contribution >= 4 is 6.08 Å². The van der Waals surface area contributed by atoms with Crippen molar-refractivity contribution in [3.05, 3.63) is 0 Å². The van der Waals surface area contributed by atoms with Crippen molar-refractivity contribution in [3.63, 3.8) is 0 Å². The fraction of sp³-hybridized carbons (Fsp3) is 0.875. The molecule has 0 heterocycles. The summed E-state index contributed by atoms with van der Waals surface area (Å²) in [5, 5.41) is 0. The topological polar surface area (TPSA) is 29.4 Å². The third-order valence-corrected chi connectivity index (χ3v) is 2.24. The molecule has 3 heteroatoms. The third-order valence-electron chi connectivity index (χ3n) is 2.24. The second kappa shape index (κ2) is 4.24. The van der Waals surface area contributed by atoms with Crippen LogP contribution in [0.1, 0.15) is 25.7 Å². The Hall–Kier alpha value is -0.690. The van der Waals surface area contributed by atoms with Crippen molar-refractivity contribution < 1.29 is 9.18 Å². The van der Waals surface area contributed by atoms with Gasteiger partial charge in [0.25, 0.3) is 0 Å². The molecule has 0 bridgehead atoms. The van der Waals surface area contributed by atoms with Crippen LogP contribution in [0.15, 0.2) is 4.99 Å². The molecular formula is C8H12FNO. The molecule has 0 aromatic heterocycles. The van der Waals surface area contributed by atoms with Gasteiger partial charge in [0, 0.05) is 0 Å². The quantitative estimate of drug-likeness (QED) is 0.452. The van der Waals surface area contributed by atoms with E-state index in [1.165, 1.54) is 6.08 Å². The molecule has 0 aromatic carbocycles. The standard InChI is InChI=1S/C8H12FNO/c9-8(4-5-10-6-11)7-2-1-3-7/h7-8H,1-5H2. The summed E-state index contributed by atoms with van der Waals surface area (Å²) in [6.45, 7) is 0.293. The summed E-state index contributed by atoms with van der Waals surface area (Å²) in [5.74, 6) is 0.247. The van der Waals surface area contributed by atoms with Gasteiger partial charge in [0.2, 0.25) is 6.08 Å². The SMILES string of the molecule is O=C=NCCC(F)C1CCC1. The van der Waals surface area contributed by atoms with E-state index in [1.54, 1.807) is 0 Å². The van der Waals surface area contributed by atoms with Crippen LogP contribution in [0, 0.1) is 5.92 Å². The lowest BCUT2D eigenvalue weighted by Crippen LogP contribution is -2.23. The van der Waals surface area contributed by atoms with Crippen LogP contribution in [0.25, 0.3) is 0 Å². The number of aliphatic imine (C=N–C) groups is 1. The molecule has 0 N–H and O–H groups in total. The van der Waals surface area contributed by atoms with E-state index in [2.05, 4.69) is 4.99 Å². The highest BCUT2D eigenvalue weighted by Crippen LogP contribution is 2.32. The number of hydrogen-bond acceptors (Lipinski definition) is 2. The zero-order chi connectivity index (χ0) is 8.10. The van der Waals surface area contributed by atoms with E-state index in [0.29, 0.717) is 13.0 Å². The Morgan fingerprint density at radius 2 is 2.36 bits per heavy atom. The Labute approximate surface area is 65.5 Å². The first-order valence-corrected chi connectivity index (χ1v) is 4.02. The van der Waals surface area contributed by atoms with Crippen molar-refractivity contribution in [2.45, 2.75) is 31.9 Å². The zero-order valence-corrected chi connectivity index (χ0v) is 6.42. The molecule has 0 amide bonds.